The van der Waals surface area contributed by atoms with Crippen LogP contribution >= 0.6 is 23.2 Å². The topological polar surface area (TPSA) is 55.8 Å². The molecule has 0 atom stereocenters. The summed E-state index contributed by atoms with van der Waals surface area (Å²) in [7, 11) is 0. The van der Waals surface area contributed by atoms with Crippen LogP contribution in [0.5, 0.6) is 11.5 Å². The minimum absolute atomic E-state index is 0.0786. The predicted octanol–water partition coefficient (Wildman–Crippen LogP) is 4.50. The molecular formula is C21H19Cl2NO4. The molecule has 0 saturated carbocycles. The summed E-state index contributed by atoms with van der Waals surface area (Å²) in [6, 6.07) is 10.1. The Morgan fingerprint density at radius 2 is 1.50 bits per heavy atom. The fourth-order valence-electron chi connectivity index (χ4n) is 3.64. The number of Topliss-reactive ketones (excluding diaryl/α,β-unsaturated/α-hetero) is 1. The summed E-state index contributed by atoms with van der Waals surface area (Å²) in [5.41, 5.74) is 1.09. The second kappa shape index (κ2) is 8.02. The SMILES string of the molecule is O=C(c1ccc2c(c1)OCCO2)C1CCN(C(=O)c2cc(Cl)cc(Cl)c2)CC1. The number of rotatable bonds is 3. The average molecular weight is 420 g/mol. The lowest BCUT2D eigenvalue weighted by atomic mass is 9.88. The summed E-state index contributed by atoms with van der Waals surface area (Å²) in [5.74, 6) is 1.13. The molecule has 0 bridgehead atoms. The van der Waals surface area contributed by atoms with Gasteiger partial charge in [0.15, 0.2) is 17.3 Å². The van der Waals surface area contributed by atoms with Crippen LogP contribution in [0.25, 0.3) is 0 Å². The highest BCUT2D eigenvalue weighted by Crippen LogP contribution is 2.33. The molecule has 7 heteroatoms. The molecule has 28 heavy (non-hydrogen) atoms. The van der Waals surface area contributed by atoms with Crippen molar-refractivity contribution < 1.29 is 19.1 Å². The van der Waals surface area contributed by atoms with Gasteiger partial charge in [-0.25, -0.2) is 0 Å². The van der Waals surface area contributed by atoms with Gasteiger partial charge >= 0.3 is 0 Å². The second-order valence-corrected chi connectivity index (χ2v) is 7.82. The van der Waals surface area contributed by atoms with Gasteiger partial charge in [-0.3, -0.25) is 9.59 Å². The molecule has 2 aromatic carbocycles. The fourth-order valence-corrected chi connectivity index (χ4v) is 4.16. The molecule has 2 aromatic rings. The van der Waals surface area contributed by atoms with E-state index in [1.807, 2.05) is 0 Å². The predicted molar refractivity (Wildman–Crippen MR) is 107 cm³/mol. The number of nitrogens with zero attached hydrogens (tertiary/aromatic N) is 1. The Hall–Kier alpha value is -2.24. The van der Waals surface area contributed by atoms with Gasteiger partial charge in [-0.1, -0.05) is 23.2 Å². The number of carbonyl (C=O) groups is 2. The maximum Gasteiger partial charge on any atom is 0.253 e. The first-order valence-corrected chi connectivity index (χ1v) is 9.96. The van der Waals surface area contributed by atoms with Crippen LogP contribution in [0.4, 0.5) is 0 Å². The van der Waals surface area contributed by atoms with E-state index in [-0.39, 0.29) is 17.6 Å². The fraction of sp³-hybridized carbons (Fsp3) is 0.333. The first-order chi connectivity index (χ1) is 13.5. The van der Waals surface area contributed by atoms with Gasteiger partial charge in [-0.05, 0) is 49.2 Å². The van der Waals surface area contributed by atoms with Gasteiger partial charge in [0.05, 0.1) is 0 Å². The van der Waals surface area contributed by atoms with E-state index in [1.54, 1.807) is 41.3 Å². The molecule has 1 saturated heterocycles. The number of hydrogen-bond donors (Lipinski definition) is 0. The molecule has 2 aliphatic rings. The van der Waals surface area contributed by atoms with E-state index in [0.717, 1.165) is 0 Å². The molecule has 0 radical (unpaired) electrons. The summed E-state index contributed by atoms with van der Waals surface area (Å²) < 4.78 is 11.1. The van der Waals surface area contributed by atoms with Crippen molar-refractivity contribution in [2.24, 2.45) is 5.92 Å². The Morgan fingerprint density at radius 1 is 0.857 bits per heavy atom. The highest BCUT2D eigenvalue weighted by Gasteiger charge is 2.29. The number of benzene rings is 2. The van der Waals surface area contributed by atoms with E-state index >= 15 is 0 Å². The van der Waals surface area contributed by atoms with Gasteiger partial charge in [0.1, 0.15) is 13.2 Å². The molecule has 0 N–H and O–H groups in total. The van der Waals surface area contributed by atoms with Crippen LogP contribution in [0.2, 0.25) is 10.0 Å². The Labute approximate surface area is 173 Å². The third-order valence-electron chi connectivity index (χ3n) is 5.09. The minimum atomic E-state index is -0.116. The first-order valence-electron chi connectivity index (χ1n) is 9.20. The third kappa shape index (κ3) is 3.96. The number of amides is 1. The molecular weight excluding hydrogens is 401 g/mol. The summed E-state index contributed by atoms with van der Waals surface area (Å²) in [5, 5.41) is 0.860. The molecule has 146 valence electrons. The zero-order chi connectivity index (χ0) is 19.7. The molecule has 1 fully saturated rings. The molecule has 0 aromatic heterocycles. The highest BCUT2D eigenvalue weighted by atomic mass is 35.5. The van der Waals surface area contributed by atoms with Crippen molar-refractivity contribution in [3.05, 3.63) is 57.6 Å². The number of ketones is 1. The van der Waals surface area contributed by atoms with Crippen LogP contribution in [0.1, 0.15) is 33.6 Å². The monoisotopic (exact) mass is 419 g/mol. The third-order valence-corrected chi connectivity index (χ3v) is 5.53. The Balaban J connectivity index is 1.41. The van der Waals surface area contributed by atoms with Gasteiger partial charge < -0.3 is 14.4 Å². The quantitative estimate of drug-likeness (QED) is 0.687. The van der Waals surface area contributed by atoms with E-state index in [4.69, 9.17) is 32.7 Å². The average Bonchev–Trinajstić information content (AvgIpc) is 2.72. The standard InChI is InChI=1S/C21H19Cl2NO4/c22-16-9-15(10-17(23)12-16)21(26)24-5-3-13(4-6-24)20(25)14-1-2-18-19(11-14)28-8-7-27-18/h1-2,9-13H,3-8H2. The number of halogens is 2. The Kier molecular flexibility index (Phi) is 5.47. The number of fused-ring (bicyclic) bond motifs is 1. The van der Waals surface area contributed by atoms with Crippen molar-refractivity contribution >= 4 is 34.9 Å². The summed E-state index contributed by atoms with van der Waals surface area (Å²) >= 11 is 12.0. The maximum absolute atomic E-state index is 12.9. The first kappa shape index (κ1) is 19.1. The summed E-state index contributed by atoms with van der Waals surface area (Å²) in [6.45, 7) is 2.04. The molecule has 0 unspecified atom stereocenters. The van der Waals surface area contributed by atoms with Gasteiger partial charge in [0, 0.05) is 40.2 Å². The van der Waals surface area contributed by atoms with Crippen LogP contribution in [-0.2, 0) is 0 Å². The Morgan fingerprint density at radius 3 is 2.18 bits per heavy atom. The number of hydrogen-bond acceptors (Lipinski definition) is 4. The number of likely N-dealkylation sites (tertiary alicyclic amines) is 1. The molecule has 5 nitrogen and oxygen atoms in total. The minimum Gasteiger partial charge on any atom is -0.486 e. The van der Waals surface area contributed by atoms with E-state index in [2.05, 4.69) is 0 Å². The molecule has 2 heterocycles. The summed E-state index contributed by atoms with van der Waals surface area (Å²) in [6.07, 6.45) is 1.24. The van der Waals surface area contributed by atoms with E-state index < -0.39 is 0 Å². The van der Waals surface area contributed by atoms with E-state index in [0.29, 0.717) is 71.8 Å². The van der Waals surface area contributed by atoms with Crippen molar-refractivity contribution in [1.82, 2.24) is 4.90 Å². The summed E-state index contributed by atoms with van der Waals surface area (Å²) in [4.78, 5) is 27.3. The van der Waals surface area contributed by atoms with Crippen molar-refractivity contribution in [1.29, 1.82) is 0 Å². The smallest absolute Gasteiger partial charge is 0.253 e. The van der Waals surface area contributed by atoms with Crippen LogP contribution in [-0.4, -0.2) is 42.9 Å². The van der Waals surface area contributed by atoms with Crippen molar-refractivity contribution in [3.63, 3.8) is 0 Å². The number of carbonyl (C=O) groups excluding carboxylic acids is 2. The van der Waals surface area contributed by atoms with Gasteiger partial charge in [-0.15, -0.1) is 0 Å². The van der Waals surface area contributed by atoms with Crippen molar-refractivity contribution in [3.8, 4) is 11.5 Å². The molecule has 0 spiro atoms. The zero-order valence-corrected chi connectivity index (χ0v) is 16.6. The maximum atomic E-state index is 12.9. The molecule has 0 aliphatic carbocycles. The van der Waals surface area contributed by atoms with Crippen molar-refractivity contribution in [2.75, 3.05) is 26.3 Å². The lowest BCUT2D eigenvalue weighted by Crippen LogP contribution is -2.40. The lowest BCUT2D eigenvalue weighted by molar-refractivity contribution is 0.0650. The van der Waals surface area contributed by atoms with Crippen molar-refractivity contribution in [2.45, 2.75) is 12.8 Å². The number of piperidine rings is 1. The number of ether oxygens (including phenoxy) is 2. The molecule has 4 rings (SSSR count). The second-order valence-electron chi connectivity index (χ2n) is 6.95. The van der Waals surface area contributed by atoms with Crippen LogP contribution in [0.3, 0.4) is 0 Å². The lowest BCUT2D eigenvalue weighted by Gasteiger charge is -2.31. The highest BCUT2D eigenvalue weighted by molar-refractivity contribution is 6.35. The molecule has 1 amide bonds. The zero-order valence-electron chi connectivity index (χ0n) is 15.1. The van der Waals surface area contributed by atoms with Gasteiger partial charge in [-0.2, -0.15) is 0 Å². The van der Waals surface area contributed by atoms with Crippen LogP contribution < -0.4 is 9.47 Å². The Bertz CT molecular complexity index is 902. The van der Waals surface area contributed by atoms with E-state index in [1.165, 1.54) is 0 Å². The van der Waals surface area contributed by atoms with Gasteiger partial charge in [0.2, 0.25) is 0 Å². The normalized spacial score (nSPS) is 16.7. The van der Waals surface area contributed by atoms with Crippen LogP contribution in [0.15, 0.2) is 36.4 Å². The molecule has 2 aliphatic heterocycles. The largest absolute Gasteiger partial charge is 0.486 e. The van der Waals surface area contributed by atoms with Crippen LogP contribution in [0, 0.1) is 5.92 Å². The van der Waals surface area contributed by atoms with Gasteiger partial charge in [0.25, 0.3) is 5.91 Å². The van der Waals surface area contributed by atoms with E-state index in [9.17, 15) is 9.59 Å².